The number of methoxy groups -OCH3 is 2. The lowest BCUT2D eigenvalue weighted by Crippen LogP contribution is -2.30. The number of ether oxygens (including phenoxy) is 2. The summed E-state index contributed by atoms with van der Waals surface area (Å²) in [5, 5.41) is 10.1. The standard InChI is InChI=1S/C20H22BrF3N4O4S2/c1-9-11(17(29)31-2)16(34-14(9)18(30)32-3)26-19(33)25-7-4-8-28-13(10-5-6-10)12(21)15(27-28)20(22,23)24/h10H,4-8H2,1-3H3,(H2,25,26,33). The molecule has 0 amide bonds. The van der Waals surface area contributed by atoms with Gasteiger partial charge in [-0.1, -0.05) is 0 Å². The second kappa shape index (κ2) is 10.6. The first-order valence-corrected chi connectivity index (χ1v) is 12.2. The van der Waals surface area contributed by atoms with Gasteiger partial charge in [0.05, 0.1) is 29.9 Å². The first kappa shape index (κ1) is 26.4. The maximum atomic E-state index is 13.2. The van der Waals surface area contributed by atoms with Crippen molar-refractivity contribution in [1.29, 1.82) is 0 Å². The van der Waals surface area contributed by atoms with Crippen LogP contribution in [0.4, 0.5) is 18.2 Å². The van der Waals surface area contributed by atoms with E-state index in [4.69, 9.17) is 21.7 Å². The Hall–Kier alpha value is -2.19. The van der Waals surface area contributed by atoms with Crippen LogP contribution in [0.25, 0.3) is 0 Å². The molecule has 0 bridgehead atoms. The Kier molecular flexibility index (Phi) is 8.24. The molecule has 2 aromatic rings. The number of alkyl halides is 3. The molecule has 0 saturated heterocycles. The molecule has 0 unspecified atom stereocenters. The lowest BCUT2D eigenvalue weighted by atomic mass is 10.1. The van der Waals surface area contributed by atoms with Gasteiger partial charge in [-0.2, -0.15) is 18.3 Å². The number of hydrogen-bond donors (Lipinski definition) is 2. The fourth-order valence-electron chi connectivity index (χ4n) is 3.37. The van der Waals surface area contributed by atoms with Gasteiger partial charge >= 0.3 is 18.1 Å². The van der Waals surface area contributed by atoms with E-state index in [0.717, 1.165) is 24.2 Å². The lowest BCUT2D eigenvalue weighted by Gasteiger charge is -2.11. The number of aromatic nitrogens is 2. The molecule has 2 heterocycles. The van der Waals surface area contributed by atoms with E-state index in [1.807, 2.05) is 0 Å². The molecule has 1 aliphatic rings. The van der Waals surface area contributed by atoms with Crippen molar-refractivity contribution >= 4 is 61.5 Å². The highest BCUT2D eigenvalue weighted by molar-refractivity contribution is 9.10. The maximum absolute atomic E-state index is 13.2. The first-order valence-electron chi connectivity index (χ1n) is 10.2. The second-order valence-electron chi connectivity index (χ2n) is 7.52. The summed E-state index contributed by atoms with van der Waals surface area (Å²) >= 11 is 9.37. The number of thiocarbonyl (C=S) groups is 1. The molecule has 2 N–H and O–H groups in total. The van der Waals surface area contributed by atoms with Gasteiger partial charge in [-0.3, -0.25) is 4.68 Å². The number of halogens is 4. The number of aryl methyl sites for hydroxylation is 1. The summed E-state index contributed by atoms with van der Waals surface area (Å²) in [5.41, 5.74) is 0.239. The van der Waals surface area contributed by atoms with Gasteiger partial charge in [0.15, 0.2) is 10.8 Å². The van der Waals surface area contributed by atoms with Crippen LogP contribution >= 0.6 is 39.5 Å². The molecule has 1 fully saturated rings. The van der Waals surface area contributed by atoms with Crippen molar-refractivity contribution in [3.8, 4) is 0 Å². The minimum Gasteiger partial charge on any atom is -0.465 e. The highest BCUT2D eigenvalue weighted by Crippen LogP contribution is 2.47. The molecule has 0 spiro atoms. The second-order valence-corrected chi connectivity index (χ2v) is 9.74. The molecule has 0 aromatic carbocycles. The quantitative estimate of drug-likeness (QED) is 0.259. The third-order valence-electron chi connectivity index (χ3n) is 5.13. The SMILES string of the molecule is COC(=O)c1sc(NC(=S)NCCCn2nc(C(F)(F)F)c(Br)c2C2CC2)c(C(=O)OC)c1C. The molecular weight excluding hydrogens is 561 g/mol. The van der Waals surface area contributed by atoms with Crippen molar-refractivity contribution < 1.29 is 32.2 Å². The van der Waals surface area contributed by atoms with Crippen molar-refractivity contribution in [3.05, 3.63) is 31.9 Å². The van der Waals surface area contributed by atoms with E-state index in [9.17, 15) is 22.8 Å². The summed E-state index contributed by atoms with van der Waals surface area (Å²) in [5.74, 6) is -1.14. The average Bonchev–Trinajstić information content (AvgIpc) is 3.48. The van der Waals surface area contributed by atoms with Crippen LogP contribution in [-0.2, 0) is 22.2 Å². The third-order valence-corrected chi connectivity index (χ3v) is 7.35. The number of thiophene rings is 1. The van der Waals surface area contributed by atoms with Crippen LogP contribution in [-0.4, -0.2) is 47.6 Å². The molecule has 3 rings (SSSR count). The van der Waals surface area contributed by atoms with Crippen LogP contribution in [0.5, 0.6) is 0 Å². The van der Waals surface area contributed by atoms with Gasteiger partial charge in [0.1, 0.15) is 9.88 Å². The molecule has 1 aliphatic carbocycles. The number of nitrogens with one attached hydrogen (secondary N) is 2. The maximum Gasteiger partial charge on any atom is 0.436 e. The number of nitrogens with zero attached hydrogens (tertiary/aromatic N) is 2. The fraction of sp³-hybridized carbons (Fsp3) is 0.500. The van der Waals surface area contributed by atoms with Crippen LogP contribution in [0, 0.1) is 6.92 Å². The van der Waals surface area contributed by atoms with E-state index in [2.05, 4.69) is 31.7 Å². The van der Waals surface area contributed by atoms with Crippen LogP contribution in [0.1, 0.15) is 62.2 Å². The number of rotatable bonds is 8. The van der Waals surface area contributed by atoms with E-state index >= 15 is 0 Å². The number of carbonyl (C=O) groups excluding carboxylic acids is 2. The molecule has 2 aromatic heterocycles. The Labute approximate surface area is 211 Å². The van der Waals surface area contributed by atoms with E-state index in [0.29, 0.717) is 29.2 Å². The smallest absolute Gasteiger partial charge is 0.436 e. The summed E-state index contributed by atoms with van der Waals surface area (Å²) in [6.07, 6.45) is -2.40. The Balaban J connectivity index is 1.63. The van der Waals surface area contributed by atoms with E-state index in [1.165, 1.54) is 18.9 Å². The summed E-state index contributed by atoms with van der Waals surface area (Å²) < 4.78 is 50.7. The zero-order chi connectivity index (χ0) is 25.2. The van der Waals surface area contributed by atoms with Crippen molar-refractivity contribution in [3.63, 3.8) is 0 Å². The van der Waals surface area contributed by atoms with Gasteiger partial charge in [0.25, 0.3) is 0 Å². The third kappa shape index (κ3) is 5.71. The summed E-state index contributed by atoms with van der Waals surface area (Å²) in [7, 11) is 2.47. The van der Waals surface area contributed by atoms with Gasteiger partial charge in [-0.05, 0) is 59.9 Å². The molecule has 0 atom stereocenters. The molecular formula is C20H22BrF3N4O4S2. The Bertz CT molecular complexity index is 1110. The molecule has 34 heavy (non-hydrogen) atoms. The topological polar surface area (TPSA) is 94.5 Å². The highest BCUT2D eigenvalue weighted by atomic mass is 79.9. The van der Waals surface area contributed by atoms with Gasteiger partial charge in [0.2, 0.25) is 0 Å². The van der Waals surface area contributed by atoms with Crippen LogP contribution < -0.4 is 10.6 Å². The van der Waals surface area contributed by atoms with Crippen LogP contribution in [0.2, 0.25) is 0 Å². The van der Waals surface area contributed by atoms with Crippen molar-refractivity contribution in [1.82, 2.24) is 15.1 Å². The van der Waals surface area contributed by atoms with Crippen molar-refractivity contribution in [2.24, 2.45) is 0 Å². The number of hydrogen-bond acceptors (Lipinski definition) is 7. The van der Waals surface area contributed by atoms with Gasteiger partial charge < -0.3 is 20.1 Å². The van der Waals surface area contributed by atoms with E-state index in [-0.39, 0.29) is 32.5 Å². The minimum atomic E-state index is -4.53. The van der Waals surface area contributed by atoms with Gasteiger partial charge in [-0.15, -0.1) is 11.3 Å². The molecule has 0 aliphatic heterocycles. The molecule has 1 saturated carbocycles. The number of esters is 2. The van der Waals surface area contributed by atoms with Gasteiger partial charge in [0, 0.05) is 19.0 Å². The largest absolute Gasteiger partial charge is 0.465 e. The predicted molar refractivity (Wildman–Crippen MR) is 127 cm³/mol. The summed E-state index contributed by atoms with van der Waals surface area (Å²) in [4.78, 5) is 24.4. The Morgan fingerprint density at radius 2 is 1.91 bits per heavy atom. The average molecular weight is 583 g/mol. The molecule has 8 nitrogen and oxygen atoms in total. The van der Waals surface area contributed by atoms with Crippen molar-refractivity contribution in [2.45, 2.75) is 44.8 Å². The summed E-state index contributed by atoms with van der Waals surface area (Å²) in [6.45, 7) is 2.22. The van der Waals surface area contributed by atoms with Crippen molar-refractivity contribution in [2.75, 3.05) is 26.1 Å². The fourth-order valence-corrected chi connectivity index (χ4v) is 5.59. The number of anilines is 1. The Morgan fingerprint density at radius 1 is 1.26 bits per heavy atom. The molecule has 14 heteroatoms. The van der Waals surface area contributed by atoms with Gasteiger partial charge in [-0.25, -0.2) is 9.59 Å². The zero-order valence-electron chi connectivity index (χ0n) is 18.5. The zero-order valence-corrected chi connectivity index (χ0v) is 21.7. The minimum absolute atomic E-state index is 0.0115. The Morgan fingerprint density at radius 3 is 2.47 bits per heavy atom. The lowest BCUT2D eigenvalue weighted by molar-refractivity contribution is -0.142. The molecule has 0 radical (unpaired) electrons. The number of carbonyl (C=O) groups is 2. The predicted octanol–water partition coefficient (Wildman–Crippen LogP) is 4.86. The van der Waals surface area contributed by atoms with E-state index in [1.54, 1.807) is 6.92 Å². The highest BCUT2D eigenvalue weighted by Gasteiger charge is 2.41. The van der Waals surface area contributed by atoms with Crippen LogP contribution in [0.3, 0.4) is 0 Å². The molecule has 186 valence electrons. The van der Waals surface area contributed by atoms with E-state index < -0.39 is 23.8 Å². The first-order chi connectivity index (χ1) is 16.0. The van der Waals surface area contributed by atoms with Crippen LogP contribution in [0.15, 0.2) is 4.47 Å². The normalized spacial score (nSPS) is 13.5. The summed E-state index contributed by atoms with van der Waals surface area (Å²) in [6, 6.07) is 0. The monoisotopic (exact) mass is 582 g/mol.